The largest absolute Gasteiger partial charge is 0.383 e. The third kappa shape index (κ3) is 3.16. The average Bonchev–Trinajstić information content (AvgIpc) is 1.91. The highest BCUT2D eigenvalue weighted by molar-refractivity contribution is 6.43. The molecule has 5 heteroatoms. The standard InChI is InChI=1S/C5H13NO3Si/c1-8-5(9-2)10(7)4-3-6/h5H,3-4,6H2,1-2H3. The van der Waals surface area contributed by atoms with Crippen molar-refractivity contribution in [1.29, 1.82) is 0 Å². The molecule has 4 nitrogen and oxygen atoms in total. The lowest BCUT2D eigenvalue weighted by molar-refractivity contribution is -0.0497. The first-order chi connectivity index (χ1) is 4.76. The molecule has 0 fully saturated rings. The Balaban J connectivity index is 3.65. The van der Waals surface area contributed by atoms with E-state index >= 15 is 0 Å². The van der Waals surface area contributed by atoms with E-state index < -0.39 is 14.6 Å². The van der Waals surface area contributed by atoms with Crippen LogP contribution in [-0.2, 0) is 13.9 Å². The number of ether oxygens (including phenoxy) is 2. The Kier molecular flexibility index (Phi) is 5.61. The van der Waals surface area contributed by atoms with Crippen LogP contribution >= 0.6 is 0 Å². The molecule has 0 rings (SSSR count). The summed E-state index contributed by atoms with van der Waals surface area (Å²) in [4.78, 5) is 0. The number of methoxy groups -OCH3 is 2. The highest BCUT2D eigenvalue weighted by Gasteiger charge is 2.17. The van der Waals surface area contributed by atoms with E-state index in [-0.39, 0.29) is 0 Å². The Hall–Kier alpha value is -0.103. The fourth-order valence-corrected chi connectivity index (χ4v) is 1.67. The van der Waals surface area contributed by atoms with E-state index in [4.69, 9.17) is 15.2 Å². The van der Waals surface area contributed by atoms with E-state index in [1.807, 2.05) is 0 Å². The molecule has 0 aliphatic heterocycles. The van der Waals surface area contributed by atoms with Crippen LogP contribution < -0.4 is 5.73 Å². The second-order valence-electron chi connectivity index (χ2n) is 1.81. The second kappa shape index (κ2) is 5.66. The van der Waals surface area contributed by atoms with Crippen molar-refractivity contribution in [3.05, 3.63) is 0 Å². The van der Waals surface area contributed by atoms with Crippen LogP contribution in [0.5, 0.6) is 0 Å². The lowest BCUT2D eigenvalue weighted by atomic mass is 10.8. The molecule has 0 aromatic heterocycles. The van der Waals surface area contributed by atoms with Gasteiger partial charge < -0.3 is 19.7 Å². The normalized spacial score (nSPS) is 10.4. The lowest BCUT2D eigenvalue weighted by Crippen LogP contribution is -2.28. The van der Waals surface area contributed by atoms with Gasteiger partial charge in [0.05, 0.1) is 0 Å². The molecule has 10 heavy (non-hydrogen) atoms. The molecule has 0 atom stereocenters. The maximum atomic E-state index is 11.1. The molecule has 0 aliphatic rings. The number of nitrogens with two attached hydrogens (primary N) is 1. The molecule has 0 amide bonds. The van der Waals surface area contributed by atoms with Gasteiger partial charge in [-0.05, 0) is 6.54 Å². The topological polar surface area (TPSA) is 61.5 Å². The molecular formula is C5H13NO3Si. The van der Waals surface area contributed by atoms with Gasteiger partial charge in [0.1, 0.15) is 0 Å². The molecule has 0 saturated carbocycles. The van der Waals surface area contributed by atoms with E-state index in [1.54, 1.807) is 0 Å². The zero-order valence-electron chi connectivity index (χ0n) is 6.29. The van der Waals surface area contributed by atoms with Crippen molar-refractivity contribution in [1.82, 2.24) is 0 Å². The van der Waals surface area contributed by atoms with Crippen LogP contribution in [0.15, 0.2) is 0 Å². The predicted octanol–water partition coefficient (Wildman–Crippen LogP) is -0.475. The van der Waals surface area contributed by atoms with Crippen LogP contribution in [0.4, 0.5) is 0 Å². The minimum absolute atomic E-state index is 0.418. The SMILES string of the molecule is COC(OC)[Si](=O)CCN. The molecule has 60 valence electrons. The first kappa shape index (κ1) is 9.90. The van der Waals surface area contributed by atoms with Crippen LogP contribution in [0.25, 0.3) is 0 Å². The van der Waals surface area contributed by atoms with Crippen LogP contribution in [0.2, 0.25) is 6.04 Å². The van der Waals surface area contributed by atoms with Crippen molar-refractivity contribution >= 4 is 8.68 Å². The van der Waals surface area contributed by atoms with Crippen molar-refractivity contribution in [2.45, 2.75) is 12.0 Å². The minimum Gasteiger partial charge on any atom is -0.383 e. The van der Waals surface area contributed by atoms with Gasteiger partial charge in [0.15, 0.2) is 5.91 Å². The molecule has 0 saturated heterocycles. The van der Waals surface area contributed by atoms with Gasteiger partial charge in [0.25, 0.3) is 0 Å². The smallest absolute Gasteiger partial charge is 0.338 e. The number of hydrogen-bond acceptors (Lipinski definition) is 4. The Morgan fingerprint density at radius 2 is 2.00 bits per heavy atom. The molecular weight excluding hydrogens is 150 g/mol. The molecule has 0 aromatic rings. The minimum atomic E-state index is -1.80. The van der Waals surface area contributed by atoms with Crippen LogP contribution in [0.3, 0.4) is 0 Å². The Morgan fingerprint density at radius 1 is 1.50 bits per heavy atom. The summed E-state index contributed by atoms with van der Waals surface area (Å²) in [5.74, 6) is -0.562. The lowest BCUT2D eigenvalue weighted by Gasteiger charge is -2.08. The summed E-state index contributed by atoms with van der Waals surface area (Å²) in [6.07, 6.45) is 0. The predicted molar refractivity (Wildman–Crippen MR) is 38.1 cm³/mol. The summed E-state index contributed by atoms with van der Waals surface area (Å²) in [6.45, 7) is 0.418. The van der Waals surface area contributed by atoms with Crippen molar-refractivity contribution in [3.8, 4) is 0 Å². The molecule has 0 radical (unpaired) electrons. The summed E-state index contributed by atoms with van der Waals surface area (Å²) >= 11 is 0. The van der Waals surface area contributed by atoms with Gasteiger partial charge in [-0.3, -0.25) is 0 Å². The van der Waals surface area contributed by atoms with E-state index in [0.717, 1.165) is 0 Å². The van der Waals surface area contributed by atoms with Gasteiger partial charge in [0, 0.05) is 20.3 Å². The van der Waals surface area contributed by atoms with Gasteiger partial charge in [-0.2, -0.15) is 0 Å². The zero-order chi connectivity index (χ0) is 7.98. The fourth-order valence-electron chi connectivity index (χ4n) is 0.619. The van der Waals surface area contributed by atoms with Gasteiger partial charge >= 0.3 is 8.68 Å². The first-order valence-electron chi connectivity index (χ1n) is 3.04. The monoisotopic (exact) mass is 163 g/mol. The van der Waals surface area contributed by atoms with Gasteiger partial charge in [-0.15, -0.1) is 0 Å². The summed E-state index contributed by atoms with van der Waals surface area (Å²) in [5, 5.41) is 0. The number of hydrogen-bond donors (Lipinski definition) is 1. The Bertz CT molecular complexity index is 105. The average molecular weight is 163 g/mol. The molecule has 0 aromatic carbocycles. The Morgan fingerprint density at radius 3 is 2.30 bits per heavy atom. The van der Waals surface area contributed by atoms with Gasteiger partial charge in [0.2, 0.25) is 0 Å². The highest BCUT2D eigenvalue weighted by atomic mass is 28.3. The van der Waals surface area contributed by atoms with Crippen LogP contribution in [0.1, 0.15) is 0 Å². The number of rotatable bonds is 5. The Labute approximate surface area is 62.0 Å². The summed E-state index contributed by atoms with van der Waals surface area (Å²) < 4.78 is 20.6. The fraction of sp³-hybridized carbons (Fsp3) is 1.00. The maximum absolute atomic E-state index is 11.1. The maximum Gasteiger partial charge on any atom is 0.338 e. The quantitative estimate of drug-likeness (QED) is 0.439. The second-order valence-corrected chi connectivity index (χ2v) is 3.71. The van der Waals surface area contributed by atoms with Crippen LogP contribution in [-0.4, -0.2) is 35.4 Å². The van der Waals surface area contributed by atoms with E-state index in [0.29, 0.717) is 12.6 Å². The van der Waals surface area contributed by atoms with Gasteiger partial charge in [-0.25, -0.2) is 0 Å². The van der Waals surface area contributed by atoms with Gasteiger partial charge in [-0.1, -0.05) is 0 Å². The highest BCUT2D eigenvalue weighted by Crippen LogP contribution is 1.94. The van der Waals surface area contributed by atoms with Crippen molar-refractivity contribution in [3.63, 3.8) is 0 Å². The summed E-state index contributed by atoms with van der Waals surface area (Å²) in [7, 11) is 1.13. The molecule has 2 N–H and O–H groups in total. The molecule has 0 heterocycles. The van der Waals surface area contributed by atoms with E-state index in [9.17, 15) is 4.46 Å². The molecule has 0 bridgehead atoms. The third-order valence-corrected chi connectivity index (χ3v) is 2.86. The van der Waals surface area contributed by atoms with E-state index in [1.165, 1.54) is 14.2 Å². The van der Waals surface area contributed by atoms with E-state index in [2.05, 4.69) is 0 Å². The molecule has 0 spiro atoms. The third-order valence-electron chi connectivity index (χ3n) is 1.08. The molecule has 0 unspecified atom stereocenters. The van der Waals surface area contributed by atoms with Crippen molar-refractivity contribution in [2.24, 2.45) is 5.73 Å². The molecule has 0 aliphatic carbocycles. The van der Waals surface area contributed by atoms with Crippen LogP contribution in [0, 0.1) is 0 Å². The zero-order valence-corrected chi connectivity index (χ0v) is 7.29. The van der Waals surface area contributed by atoms with Crippen molar-refractivity contribution < 1.29 is 13.9 Å². The van der Waals surface area contributed by atoms with Crippen molar-refractivity contribution in [2.75, 3.05) is 20.8 Å². The summed E-state index contributed by atoms with van der Waals surface area (Å²) in [6, 6.07) is 0.483. The summed E-state index contributed by atoms with van der Waals surface area (Å²) in [5.41, 5.74) is 5.19. The first-order valence-corrected chi connectivity index (χ1v) is 4.74.